The van der Waals surface area contributed by atoms with E-state index in [1.54, 1.807) is 49.4 Å². The molecule has 3 aromatic carbocycles. The fraction of sp³-hybridized carbons (Fsp3) is 0.357. The summed E-state index contributed by atoms with van der Waals surface area (Å²) in [5.41, 5.74) is 2.07. The van der Waals surface area contributed by atoms with Crippen LogP contribution in [0.5, 0.6) is 5.75 Å². The minimum Gasteiger partial charge on any atom is -0.483 e. The molecule has 38 heavy (non-hydrogen) atoms. The van der Waals surface area contributed by atoms with E-state index in [0.29, 0.717) is 40.4 Å². The molecule has 0 spiro atoms. The topological polar surface area (TPSA) is 65.1 Å². The number of rotatable bonds is 9. The third kappa shape index (κ3) is 5.31. The number of hydrogen-bond acceptors (Lipinski definition) is 5. The van der Waals surface area contributed by atoms with Gasteiger partial charge in [-0.15, -0.1) is 0 Å². The molecule has 0 aromatic heterocycles. The molecule has 0 saturated heterocycles. The van der Waals surface area contributed by atoms with Crippen molar-refractivity contribution < 1.29 is 37.0 Å². The van der Waals surface area contributed by atoms with Gasteiger partial charge in [0, 0.05) is 12.5 Å². The number of methoxy groups -OCH3 is 1. The number of anilines is 1. The molecule has 0 fully saturated rings. The van der Waals surface area contributed by atoms with Crippen LogP contribution < -0.4 is 9.64 Å². The monoisotopic (exact) mass is 549 g/mol. The van der Waals surface area contributed by atoms with Gasteiger partial charge in [0.1, 0.15) is 5.75 Å². The van der Waals surface area contributed by atoms with Crippen LogP contribution in [0.4, 0.5) is 18.9 Å². The lowest BCUT2D eigenvalue weighted by atomic mass is 9.91. The molecule has 0 radical (unpaired) electrons. The van der Waals surface area contributed by atoms with E-state index in [4.69, 9.17) is 25.8 Å². The smallest absolute Gasteiger partial charge is 0.422 e. The largest absolute Gasteiger partial charge is 0.483 e. The van der Waals surface area contributed by atoms with Crippen LogP contribution in [0.25, 0.3) is 10.8 Å². The van der Waals surface area contributed by atoms with Crippen molar-refractivity contribution in [2.45, 2.75) is 45.5 Å². The van der Waals surface area contributed by atoms with E-state index < -0.39 is 30.9 Å². The molecule has 1 heterocycles. The normalized spacial score (nSPS) is 15.2. The van der Waals surface area contributed by atoms with E-state index in [1.165, 1.54) is 12.0 Å². The molecule has 0 unspecified atom stereocenters. The number of carbonyl (C=O) groups is 2. The first kappa shape index (κ1) is 27.7. The zero-order chi connectivity index (χ0) is 27.6. The summed E-state index contributed by atoms with van der Waals surface area (Å²) in [6, 6.07) is 11.7. The Morgan fingerprint density at radius 2 is 1.82 bits per heavy atom. The van der Waals surface area contributed by atoms with Gasteiger partial charge in [0.15, 0.2) is 12.8 Å². The van der Waals surface area contributed by atoms with E-state index in [1.807, 2.05) is 6.92 Å². The molecule has 6 nitrogen and oxygen atoms in total. The van der Waals surface area contributed by atoms with Gasteiger partial charge in [0.2, 0.25) is 0 Å². The molecule has 3 aromatic rings. The van der Waals surface area contributed by atoms with Crippen LogP contribution in [0.3, 0.4) is 0 Å². The van der Waals surface area contributed by atoms with Crippen molar-refractivity contribution in [2.24, 2.45) is 0 Å². The molecule has 202 valence electrons. The summed E-state index contributed by atoms with van der Waals surface area (Å²) >= 11 is 6.59. The van der Waals surface area contributed by atoms with Crippen LogP contribution in [0.2, 0.25) is 5.02 Å². The highest BCUT2D eigenvalue weighted by Gasteiger charge is 2.44. The maximum absolute atomic E-state index is 14.0. The Morgan fingerprint density at radius 3 is 2.42 bits per heavy atom. The first-order valence-electron chi connectivity index (χ1n) is 12.2. The Balaban J connectivity index is 1.89. The van der Waals surface area contributed by atoms with Gasteiger partial charge < -0.3 is 14.2 Å². The molecule has 1 aliphatic rings. The van der Waals surface area contributed by atoms with Gasteiger partial charge in [-0.05, 0) is 42.0 Å². The predicted octanol–water partition coefficient (Wildman–Crippen LogP) is 6.80. The summed E-state index contributed by atoms with van der Waals surface area (Å²) in [4.78, 5) is 27.2. The fourth-order valence-electron chi connectivity index (χ4n) is 4.85. The Morgan fingerprint density at radius 1 is 1.11 bits per heavy atom. The number of esters is 1. The number of benzene rings is 3. The van der Waals surface area contributed by atoms with Crippen molar-refractivity contribution in [3.63, 3.8) is 0 Å². The number of halogens is 4. The molecule has 0 bridgehead atoms. The number of fused-ring (bicyclic) bond motifs is 2. The molecule has 10 heteroatoms. The first-order valence-corrected chi connectivity index (χ1v) is 12.6. The van der Waals surface area contributed by atoms with Gasteiger partial charge in [0.25, 0.3) is 5.91 Å². The minimum absolute atomic E-state index is 0.00279. The van der Waals surface area contributed by atoms with Gasteiger partial charge in [-0.25, -0.2) is 0 Å². The third-order valence-electron chi connectivity index (χ3n) is 6.26. The number of hydrogen-bond donors (Lipinski definition) is 0. The van der Waals surface area contributed by atoms with E-state index in [2.05, 4.69) is 0 Å². The zero-order valence-corrected chi connectivity index (χ0v) is 21.9. The third-order valence-corrected chi connectivity index (χ3v) is 6.56. The van der Waals surface area contributed by atoms with Crippen molar-refractivity contribution in [1.29, 1.82) is 0 Å². The maximum Gasteiger partial charge on any atom is 0.422 e. The van der Waals surface area contributed by atoms with Gasteiger partial charge in [0.05, 0.1) is 34.9 Å². The van der Waals surface area contributed by atoms with Crippen molar-refractivity contribution in [3.8, 4) is 5.75 Å². The average molecular weight is 550 g/mol. The average Bonchev–Trinajstić information content (AvgIpc) is 3.15. The second-order valence-electron chi connectivity index (χ2n) is 8.83. The highest BCUT2D eigenvalue weighted by atomic mass is 35.5. The lowest BCUT2D eigenvalue weighted by Crippen LogP contribution is -2.29. The van der Waals surface area contributed by atoms with E-state index in [9.17, 15) is 22.8 Å². The highest BCUT2D eigenvalue weighted by molar-refractivity contribution is 6.34. The van der Waals surface area contributed by atoms with E-state index >= 15 is 0 Å². The van der Waals surface area contributed by atoms with Crippen LogP contribution in [-0.4, -0.2) is 38.4 Å². The number of amides is 1. The number of alkyl halides is 3. The van der Waals surface area contributed by atoms with Crippen molar-refractivity contribution in [1.82, 2.24) is 0 Å². The van der Waals surface area contributed by atoms with Crippen LogP contribution >= 0.6 is 11.6 Å². The second kappa shape index (κ2) is 11.2. The maximum atomic E-state index is 14.0. The summed E-state index contributed by atoms with van der Waals surface area (Å²) in [7, 11) is 1.37. The Labute approximate surface area is 223 Å². The summed E-state index contributed by atoms with van der Waals surface area (Å²) in [6.07, 6.45) is -4.46. The van der Waals surface area contributed by atoms with Crippen molar-refractivity contribution >= 4 is 39.9 Å². The SMILES string of the molecule is CCCc1c2c(c(OCC(F)(F)F)c3ccccc13)[C@H](OC)N(c1ccc(CC(=O)OCC)cc1Cl)C2=O. The van der Waals surface area contributed by atoms with Gasteiger partial charge in [-0.2, -0.15) is 13.2 Å². The van der Waals surface area contributed by atoms with Crippen LogP contribution in [-0.2, 0) is 27.1 Å². The first-order chi connectivity index (χ1) is 18.1. The number of nitrogens with zero attached hydrogens (tertiary/aromatic N) is 1. The van der Waals surface area contributed by atoms with Crippen molar-refractivity contribution in [3.05, 3.63) is 69.7 Å². The quantitative estimate of drug-likeness (QED) is 0.275. The molecule has 0 N–H and O–H groups in total. The zero-order valence-electron chi connectivity index (χ0n) is 21.2. The lowest BCUT2D eigenvalue weighted by molar-refractivity contribution is -0.153. The Kier molecular flexibility index (Phi) is 8.18. The van der Waals surface area contributed by atoms with Gasteiger partial charge in [-0.1, -0.05) is 55.3 Å². The lowest BCUT2D eigenvalue weighted by Gasteiger charge is -2.26. The summed E-state index contributed by atoms with van der Waals surface area (Å²) in [6.45, 7) is 2.39. The molecular formula is C28H27ClF3NO5. The number of ether oxygens (including phenoxy) is 3. The summed E-state index contributed by atoms with van der Waals surface area (Å²) < 4.78 is 55.8. The van der Waals surface area contributed by atoms with Gasteiger partial charge >= 0.3 is 12.1 Å². The molecular weight excluding hydrogens is 523 g/mol. The predicted molar refractivity (Wildman–Crippen MR) is 138 cm³/mol. The molecule has 4 rings (SSSR count). The standard InChI is InChI=1S/C28H27ClF3NO5/c1-4-8-18-17-9-6-7-10-19(17)25(38-15-28(30,31)32)24-23(18)26(35)33(27(24)36-3)21-12-11-16(13-20(21)29)14-22(34)37-5-2/h6-7,9-13,27H,4-5,8,14-15H2,1-3H3/t27-/m0/s1. The van der Waals surface area contributed by atoms with E-state index in [-0.39, 0.29) is 34.9 Å². The van der Waals surface area contributed by atoms with Crippen LogP contribution in [0.1, 0.15) is 53.5 Å². The summed E-state index contributed by atoms with van der Waals surface area (Å²) in [5, 5.41) is 1.28. The molecule has 0 aliphatic carbocycles. The highest BCUT2D eigenvalue weighted by Crippen LogP contribution is 2.50. The van der Waals surface area contributed by atoms with Gasteiger partial charge in [-0.3, -0.25) is 14.5 Å². The Bertz CT molecular complexity index is 1370. The van der Waals surface area contributed by atoms with E-state index in [0.717, 1.165) is 0 Å². The summed E-state index contributed by atoms with van der Waals surface area (Å²) in [5.74, 6) is -0.929. The molecule has 1 atom stereocenters. The van der Waals surface area contributed by atoms with Crippen LogP contribution in [0, 0.1) is 0 Å². The number of carbonyl (C=O) groups excluding carboxylic acids is 2. The molecule has 1 aliphatic heterocycles. The van der Waals surface area contributed by atoms with Crippen LogP contribution in [0.15, 0.2) is 42.5 Å². The van der Waals surface area contributed by atoms with Crippen molar-refractivity contribution in [2.75, 3.05) is 25.2 Å². The second-order valence-corrected chi connectivity index (χ2v) is 9.23. The molecule has 0 saturated carbocycles. The minimum atomic E-state index is -4.58. The number of aryl methyl sites for hydroxylation is 1. The fourth-order valence-corrected chi connectivity index (χ4v) is 5.14. The Hall–Kier alpha value is -3.30. The molecule has 1 amide bonds.